The van der Waals surface area contributed by atoms with Crippen LogP contribution in [0.3, 0.4) is 0 Å². The van der Waals surface area contributed by atoms with Gasteiger partial charge in [-0.1, -0.05) is 82.3 Å². The molecule has 0 spiro atoms. The van der Waals surface area contributed by atoms with Crippen molar-refractivity contribution in [2.45, 2.75) is 39.5 Å². The van der Waals surface area contributed by atoms with E-state index in [0.29, 0.717) is 11.8 Å². The standard InChI is InChI=1S/C27H26N2S/c1-17(2)21-16-22(18(3)4)25(26-24(21)20-12-8-9-13-23(20)30-26)29-15-14-28-27(29)19-10-6-5-7-11-19/h5-18H,1-4H3. The van der Waals surface area contributed by atoms with Gasteiger partial charge < -0.3 is 0 Å². The Morgan fingerprint density at radius 2 is 1.53 bits per heavy atom. The highest BCUT2D eigenvalue weighted by Crippen LogP contribution is 2.45. The maximum atomic E-state index is 4.75. The lowest BCUT2D eigenvalue weighted by atomic mass is 9.90. The van der Waals surface area contributed by atoms with Crippen molar-refractivity contribution in [1.29, 1.82) is 0 Å². The minimum absolute atomic E-state index is 0.415. The first-order valence-electron chi connectivity index (χ1n) is 10.6. The molecule has 0 N–H and O–H groups in total. The van der Waals surface area contributed by atoms with E-state index in [-0.39, 0.29) is 0 Å². The highest BCUT2D eigenvalue weighted by Gasteiger charge is 2.22. The van der Waals surface area contributed by atoms with Gasteiger partial charge in [-0.2, -0.15) is 0 Å². The third-order valence-electron chi connectivity index (χ3n) is 5.84. The number of aromatic nitrogens is 2. The summed E-state index contributed by atoms with van der Waals surface area (Å²) in [6.45, 7) is 9.19. The lowest BCUT2D eigenvalue weighted by Crippen LogP contribution is -2.05. The Kier molecular flexibility index (Phi) is 4.71. The highest BCUT2D eigenvalue weighted by atomic mass is 32.1. The Labute approximate surface area is 181 Å². The van der Waals surface area contributed by atoms with Crippen LogP contribution in [0.15, 0.2) is 73.1 Å². The van der Waals surface area contributed by atoms with E-state index >= 15 is 0 Å². The van der Waals surface area contributed by atoms with Crippen molar-refractivity contribution in [3.63, 3.8) is 0 Å². The molecule has 0 radical (unpaired) electrons. The molecule has 30 heavy (non-hydrogen) atoms. The minimum Gasteiger partial charge on any atom is -0.298 e. The fourth-order valence-corrected chi connectivity index (χ4v) is 5.66. The maximum Gasteiger partial charge on any atom is 0.144 e. The lowest BCUT2D eigenvalue weighted by Gasteiger charge is -2.21. The minimum atomic E-state index is 0.415. The van der Waals surface area contributed by atoms with Crippen molar-refractivity contribution in [1.82, 2.24) is 9.55 Å². The first kappa shape index (κ1) is 19.1. The third-order valence-corrected chi connectivity index (χ3v) is 7.02. The van der Waals surface area contributed by atoms with Crippen LogP contribution in [-0.2, 0) is 0 Å². The van der Waals surface area contributed by atoms with E-state index in [9.17, 15) is 0 Å². The smallest absolute Gasteiger partial charge is 0.144 e. The summed E-state index contributed by atoms with van der Waals surface area (Å²) in [5, 5.41) is 2.76. The summed E-state index contributed by atoms with van der Waals surface area (Å²) < 4.78 is 5.01. The van der Waals surface area contributed by atoms with E-state index in [1.165, 1.54) is 37.0 Å². The van der Waals surface area contributed by atoms with E-state index in [2.05, 4.69) is 99.1 Å². The Hall–Kier alpha value is -2.91. The van der Waals surface area contributed by atoms with E-state index in [4.69, 9.17) is 4.98 Å². The van der Waals surface area contributed by atoms with Crippen LogP contribution in [0.1, 0.15) is 50.7 Å². The van der Waals surface area contributed by atoms with Crippen LogP contribution in [0.4, 0.5) is 0 Å². The van der Waals surface area contributed by atoms with Gasteiger partial charge in [0.1, 0.15) is 5.82 Å². The van der Waals surface area contributed by atoms with Gasteiger partial charge >= 0.3 is 0 Å². The normalized spacial score (nSPS) is 11.9. The number of nitrogens with zero attached hydrogens (tertiary/aromatic N) is 2. The van der Waals surface area contributed by atoms with Gasteiger partial charge in [0.05, 0.1) is 10.4 Å². The van der Waals surface area contributed by atoms with Gasteiger partial charge in [-0.3, -0.25) is 4.57 Å². The molecule has 0 amide bonds. The molecule has 5 rings (SSSR count). The fourth-order valence-electron chi connectivity index (χ4n) is 4.37. The molecule has 0 aliphatic carbocycles. The predicted octanol–water partition coefficient (Wildman–Crippen LogP) is 8.15. The topological polar surface area (TPSA) is 17.8 Å². The van der Waals surface area contributed by atoms with E-state index < -0.39 is 0 Å². The summed E-state index contributed by atoms with van der Waals surface area (Å²) in [7, 11) is 0. The summed E-state index contributed by atoms with van der Waals surface area (Å²) in [4.78, 5) is 4.75. The molecule has 0 unspecified atom stereocenters. The largest absolute Gasteiger partial charge is 0.298 e. The van der Waals surface area contributed by atoms with Crippen molar-refractivity contribution in [3.05, 3.63) is 84.2 Å². The molecule has 0 aliphatic rings. The van der Waals surface area contributed by atoms with Crippen LogP contribution in [0.5, 0.6) is 0 Å². The number of hydrogen-bond donors (Lipinski definition) is 0. The average molecular weight is 411 g/mol. The van der Waals surface area contributed by atoms with Gasteiger partial charge in [0.2, 0.25) is 0 Å². The molecule has 2 heterocycles. The number of hydrogen-bond acceptors (Lipinski definition) is 2. The number of benzene rings is 3. The third kappa shape index (κ3) is 2.96. The number of thiophene rings is 1. The van der Waals surface area contributed by atoms with E-state index in [1.54, 1.807) is 0 Å². The summed E-state index contributed by atoms with van der Waals surface area (Å²) in [5.74, 6) is 1.88. The van der Waals surface area contributed by atoms with Crippen molar-refractivity contribution in [3.8, 4) is 17.1 Å². The Balaban J connectivity index is 1.93. The second kappa shape index (κ2) is 7.41. The molecule has 0 atom stereocenters. The highest BCUT2D eigenvalue weighted by molar-refractivity contribution is 7.26. The van der Waals surface area contributed by atoms with Crippen LogP contribution in [-0.4, -0.2) is 9.55 Å². The number of fused-ring (bicyclic) bond motifs is 3. The zero-order chi connectivity index (χ0) is 20.8. The quantitative estimate of drug-likeness (QED) is 0.292. The van der Waals surface area contributed by atoms with Crippen LogP contribution in [0, 0.1) is 0 Å². The monoisotopic (exact) mass is 410 g/mol. The second-order valence-corrected chi connectivity index (χ2v) is 9.55. The SMILES string of the molecule is CC(C)c1cc(C(C)C)c2c(sc3ccccc32)c1-n1ccnc1-c1ccccc1. The van der Waals surface area contributed by atoms with Gasteiger partial charge in [-0.25, -0.2) is 4.98 Å². The first-order chi connectivity index (χ1) is 14.6. The van der Waals surface area contributed by atoms with Gasteiger partial charge in [0.15, 0.2) is 0 Å². The molecule has 0 aliphatic heterocycles. The average Bonchev–Trinajstić information content (AvgIpc) is 3.38. The Bertz CT molecular complexity index is 1340. The van der Waals surface area contributed by atoms with Gasteiger partial charge in [0, 0.05) is 33.4 Å². The molecule has 0 saturated heterocycles. The van der Waals surface area contributed by atoms with Crippen LogP contribution < -0.4 is 0 Å². The zero-order valence-corrected chi connectivity index (χ0v) is 18.7. The molecule has 150 valence electrons. The second-order valence-electron chi connectivity index (χ2n) is 8.50. The van der Waals surface area contributed by atoms with Gasteiger partial charge in [0.25, 0.3) is 0 Å². The molecule has 5 aromatic rings. The van der Waals surface area contributed by atoms with Gasteiger partial charge in [-0.15, -0.1) is 11.3 Å². The molecule has 3 aromatic carbocycles. The van der Waals surface area contributed by atoms with Crippen molar-refractivity contribution >= 4 is 31.5 Å². The maximum absolute atomic E-state index is 4.75. The van der Waals surface area contributed by atoms with E-state index in [0.717, 1.165) is 11.4 Å². The van der Waals surface area contributed by atoms with Crippen LogP contribution >= 0.6 is 11.3 Å². The van der Waals surface area contributed by atoms with E-state index in [1.807, 2.05) is 17.5 Å². The molecule has 2 aromatic heterocycles. The van der Waals surface area contributed by atoms with Crippen molar-refractivity contribution in [2.75, 3.05) is 0 Å². The summed E-state index contributed by atoms with van der Waals surface area (Å²) >= 11 is 1.90. The summed E-state index contributed by atoms with van der Waals surface area (Å²) in [6, 6.07) is 21.7. The van der Waals surface area contributed by atoms with Crippen LogP contribution in [0.25, 0.3) is 37.2 Å². The number of imidazole rings is 1. The molecule has 0 fully saturated rings. The Morgan fingerprint density at radius 3 is 2.27 bits per heavy atom. The van der Waals surface area contributed by atoms with Gasteiger partial charge in [-0.05, 0) is 29.0 Å². The molecular formula is C27H26N2S. The number of rotatable bonds is 4. The molecule has 3 heteroatoms. The van der Waals surface area contributed by atoms with Crippen molar-refractivity contribution in [2.24, 2.45) is 0 Å². The molecule has 0 saturated carbocycles. The summed E-state index contributed by atoms with van der Waals surface area (Å²) in [5.41, 5.74) is 5.24. The summed E-state index contributed by atoms with van der Waals surface area (Å²) in [6.07, 6.45) is 4.03. The first-order valence-corrected chi connectivity index (χ1v) is 11.4. The molecule has 2 nitrogen and oxygen atoms in total. The Morgan fingerprint density at radius 1 is 0.833 bits per heavy atom. The van der Waals surface area contributed by atoms with Crippen molar-refractivity contribution < 1.29 is 0 Å². The fraction of sp³-hybridized carbons (Fsp3) is 0.222. The lowest BCUT2D eigenvalue weighted by molar-refractivity contribution is 0.831. The molecule has 0 bridgehead atoms. The predicted molar refractivity (Wildman–Crippen MR) is 130 cm³/mol. The van der Waals surface area contributed by atoms with Crippen LogP contribution in [0.2, 0.25) is 0 Å². The zero-order valence-electron chi connectivity index (χ0n) is 17.9. The molecular weight excluding hydrogens is 384 g/mol.